The Morgan fingerprint density at radius 1 is 1.25 bits per heavy atom. The van der Waals surface area contributed by atoms with E-state index < -0.39 is 0 Å². The molecule has 0 saturated carbocycles. The van der Waals surface area contributed by atoms with Gasteiger partial charge < -0.3 is 9.42 Å². The van der Waals surface area contributed by atoms with Crippen molar-refractivity contribution < 1.29 is 9.32 Å². The number of aryl methyl sites for hydroxylation is 2. The molecule has 0 aliphatic rings. The van der Waals surface area contributed by atoms with Crippen molar-refractivity contribution in [2.75, 3.05) is 7.05 Å². The lowest BCUT2D eigenvalue weighted by molar-refractivity contribution is 0.0740. The van der Waals surface area contributed by atoms with Crippen LogP contribution in [0.5, 0.6) is 0 Å². The van der Waals surface area contributed by atoms with Gasteiger partial charge in [0.25, 0.3) is 5.91 Å². The summed E-state index contributed by atoms with van der Waals surface area (Å²) in [5.41, 5.74) is 2.23. The van der Waals surface area contributed by atoms with E-state index in [4.69, 9.17) is 4.52 Å². The molecule has 0 saturated heterocycles. The van der Waals surface area contributed by atoms with E-state index >= 15 is 0 Å². The van der Waals surface area contributed by atoms with Crippen LogP contribution < -0.4 is 0 Å². The molecule has 3 rings (SSSR count). The fourth-order valence-electron chi connectivity index (χ4n) is 2.67. The zero-order valence-electron chi connectivity index (χ0n) is 14.1. The highest BCUT2D eigenvalue weighted by Gasteiger charge is 2.26. The maximum absolute atomic E-state index is 12.9. The van der Waals surface area contributed by atoms with Gasteiger partial charge in [0.05, 0.1) is 22.9 Å². The summed E-state index contributed by atoms with van der Waals surface area (Å²) in [6, 6.07) is 9.40. The quantitative estimate of drug-likeness (QED) is 0.712. The van der Waals surface area contributed by atoms with Crippen LogP contribution in [0.3, 0.4) is 0 Å². The van der Waals surface area contributed by atoms with E-state index in [0.717, 1.165) is 21.1 Å². The van der Waals surface area contributed by atoms with Crippen molar-refractivity contribution in [3.8, 4) is 11.3 Å². The Morgan fingerprint density at radius 2 is 1.96 bits per heavy atom. The molecule has 0 bridgehead atoms. The largest absolute Gasteiger partial charge is 0.355 e. The molecule has 1 amide bonds. The number of amides is 1. The number of hydrogen-bond acceptors (Lipinski definition) is 5. The van der Waals surface area contributed by atoms with Gasteiger partial charge in [0, 0.05) is 17.5 Å². The van der Waals surface area contributed by atoms with Gasteiger partial charge >= 0.3 is 0 Å². The fourth-order valence-corrected chi connectivity index (χ4v) is 3.58. The number of aromatic nitrogens is 2. The molecule has 124 valence electrons. The van der Waals surface area contributed by atoms with Gasteiger partial charge in [-0.2, -0.15) is 0 Å². The van der Waals surface area contributed by atoms with Crippen molar-refractivity contribution in [1.29, 1.82) is 0 Å². The van der Waals surface area contributed by atoms with Crippen molar-refractivity contribution in [2.24, 2.45) is 0 Å². The number of thiazole rings is 1. The summed E-state index contributed by atoms with van der Waals surface area (Å²) in [5, 5.41) is 4.82. The third kappa shape index (κ3) is 2.97. The minimum absolute atomic E-state index is 0.124. The Balaban J connectivity index is 1.90. The third-order valence-electron chi connectivity index (χ3n) is 4.07. The van der Waals surface area contributed by atoms with Gasteiger partial charge in [-0.15, -0.1) is 11.3 Å². The molecule has 0 fully saturated rings. The standard InChI is InChI=1S/C18H19N3O2S/c1-11(16-12(2)24-13(3)20-16)21(4)18(22)15-10-19-23-17(15)14-8-6-5-7-9-14/h5-11H,1-4H3. The summed E-state index contributed by atoms with van der Waals surface area (Å²) >= 11 is 1.64. The Labute approximate surface area is 144 Å². The third-order valence-corrected chi connectivity index (χ3v) is 4.98. The van der Waals surface area contributed by atoms with E-state index in [1.165, 1.54) is 6.20 Å². The Hall–Kier alpha value is -2.47. The van der Waals surface area contributed by atoms with Gasteiger partial charge in [0.15, 0.2) is 5.76 Å². The summed E-state index contributed by atoms with van der Waals surface area (Å²) in [6.07, 6.45) is 1.48. The van der Waals surface area contributed by atoms with E-state index in [1.54, 1.807) is 23.3 Å². The lowest BCUT2D eigenvalue weighted by atomic mass is 10.1. The number of benzene rings is 1. The zero-order valence-corrected chi connectivity index (χ0v) is 14.9. The normalized spacial score (nSPS) is 12.2. The lowest BCUT2D eigenvalue weighted by Crippen LogP contribution is -2.30. The first kappa shape index (κ1) is 16.4. The van der Waals surface area contributed by atoms with Crippen molar-refractivity contribution in [3.05, 3.63) is 57.7 Å². The molecule has 2 aromatic heterocycles. The molecule has 1 unspecified atom stereocenters. The second-order valence-corrected chi connectivity index (χ2v) is 7.11. The predicted molar refractivity (Wildman–Crippen MR) is 94.0 cm³/mol. The first-order valence-electron chi connectivity index (χ1n) is 7.70. The molecular weight excluding hydrogens is 322 g/mol. The van der Waals surface area contributed by atoms with Crippen LogP contribution >= 0.6 is 11.3 Å². The molecule has 0 aliphatic heterocycles. The Morgan fingerprint density at radius 3 is 2.58 bits per heavy atom. The Kier molecular flexibility index (Phi) is 4.49. The minimum Gasteiger partial charge on any atom is -0.355 e. The second-order valence-electron chi connectivity index (χ2n) is 5.70. The number of hydrogen-bond donors (Lipinski definition) is 0. The number of carbonyl (C=O) groups excluding carboxylic acids is 1. The number of rotatable bonds is 4. The average Bonchev–Trinajstić information content (AvgIpc) is 3.20. The van der Waals surface area contributed by atoms with Gasteiger partial charge in [0.1, 0.15) is 5.56 Å². The molecule has 1 aromatic carbocycles. The van der Waals surface area contributed by atoms with Crippen LogP contribution in [0.1, 0.15) is 38.9 Å². The lowest BCUT2D eigenvalue weighted by Gasteiger charge is -2.24. The monoisotopic (exact) mass is 341 g/mol. The van der Waals surface area contributed by atoms with Gasteiger partial charge in [-0.25, -0.2) is 4.98 Å². The minimum atomic E-state index is -0.132. The topological polar surface area (TPSA) is 59.2 Å². The van der Waals surface area contributed by atoms with Crippen LogP contribution in [-0.2, 0) is 0 Å². The van der Waals surface area contributed by atoms with Gasteiger partial charge in [-0.05, 0) is 20.8 Å². The maximum Gasteiger partial charge on any atom is 0.259 e. The van der Waals surface area contributed by atoms with Crippen molar-refractivity contribution in [1.82, 2.24) is 15.0 Å². The SMILES string of the molecule is Cc1nc(C(C)N(C)C(=O)c2cnoc2-c2ccccc2)c(C)s1. The molecule has 3 aromatic rings. The Bertz CT molecular complexity index is 854. The predicted octanol–water partition coefficient (Wildman–Crippen LogP) is 4.25. The molecular formula is C18H19N3O2S. The highest BCUT2D eigenvalue weighted by atomic mass is 32.1. The summed E-state index contributed by atoms with van der Waals surface area (Å²) in [4.78, 5) is 20.3. The summed E-state index contributed by atoms with van der Waals surface area (Å²) in [6.45, 7) is 5.99. The van der Waals surface area contributed by atoms with Gasteiger partial charge in [0.2, 0.25) is 0 Å². The first-order valence-corrected chi connectivity index (χ1v) is 8.52. The van der Waals surface area contributed by atoms with E-state index in [-0.39, 0.29) is 11.9 Å². The summed E-state index contributed by atoms with van der Waals surface area (Å²) in [5.74, 6) is 0.360. The van der Waals surface area contributed by atoms with Crippen LogP contribution in [0.2, 0.25) is 0 Å². The highest BCUT2D eigenvalue weighted by Crippen LogP contribution is 2.29. The summed E-state index contributed by atoms with van der Waals surface area (Å²) in [7, 11) is 1.78. The van der Waals surface area contributed by atoms with Crippen LogP contribution in [0.25, 0.3) is 11.3 Å². The molecule has 24 heavy (non-hydrogen) atoms. The van der Waals surface area contributed by atoms with E-state index in [0.29, 0.717) is 11.3 Å². The van der Waals surface area contributed by atoms with Gasteiger partial charge in [-0.3, -0.25) is 4.79 Å². The smallest absolute Gasteiger partial charge is 0.259 e. The van der Waals surface area contributed by atoms with E-state index in [1.807, 2.05) is 51.1 Å². The molecule has 0 radical (unpaired) electrons. The van der Waals surface area contributed by atoms with Crippen molar-refractivity contribution in [3.63, 3.8) is 0 Å². The second kappa shape index (κ2) is 6.57. The van der Waals surface area contributed by atoms with Gasteiger partial charge in [-0.1, -0.05) is 35.5 Å². The van der Waals surface area contributed by atoms with Crippen molar-refractivity contribution in [2.45, 2.75) is 26.8 Å². The maximum atomic E-state index is 12.9. The average molecular weight is 341 g/mol. The van der Waals surface area contributed by atoms with Crippen LogP contribution in [0.4, 0.5) is 0 Å². The molecule has 1 atom stereocenters. The molecule has 5 nitrogen and oxygen atoms in total. The van der Waals surface area contributed by atoms with E-state index in [2.05, 4.69) is 10.1 Å². The molecule has 0 spiro atoms. The number of nitrogens with zero attached hydrogens (tertiary/aromatic N) is 3. The highest BCUT2D eigenvalue weighted by molar-refractivity contribution is 7.11. The molecule has 0 N–H and O–H groups in total. The van der Waals surface area contributed by atoms with Crippen LogP contribution in [0, 0.1) is 13.8 Å². The molecule has 0 aliphatic carbocycles. The molecule has 6 heteroatoms. The first-order chi connectivity index (χ1) is 11.5. The van der Waals surface area contributed by atoms with Crippen LogP contribution in [0.15, 0.2) is 41.1 Å². The molecule has 2 heterocycles. The van der Waals surface area contributed by atoms with E-state index in [9.17, 15) is 4.79 Å². The van der Waals surface area contributed by atoms with Crippen molar-refractivity contribution >= 4 is 17.2 Å². The fraction of sp³-hybridized carbons (Fsp3) is 0.278. The zero-order chi connectivity index (χ0) is 17.3. The number of carbonyl (C=O) groups is 1. The van der Waals surface area contributed by atoms with Crippen LogP contribution in [-0.4, -0.2) is 28.0 Å². The summed E-state index contributed by atoms with van der Waals surface area (Å²) < 4.78 is 5.32.